The van der Waals surface area contributed by atoms with Crippen molar-refractivity contribution in [1.29, 1.82) is 0 Å². The van der Waals surface area contributed by atoms with Crippen molar-refractivity contribution >= 4 is 22.2 Å². The van der Waals surface area contributed by atoms with Crippen LogP contribution >= 0.6 is 0 Å². The molecule has 0 spiro atoms. The number of benzene rings is 1. The van der Waals surface area contributed by atoms with Crippen molar-refractivity contribution < 1.29 is 22.8 Å². The molecule has 0 amide bonds. The van der Waals surface area contributed by atoms with Gasteiger partial charge in [0.2, 0.25) is 10.0 Å². The summed E-state index contributed by atoms with van der Waals surface area (Å²) in [6.45, 7) is 1.56. The molecule has 1 unspecified atom stereocenters. The van der Waals surface area contributed by atoms with Gasteiger partial charge in [-0.25, -0.2) is 18.4 Å². The Bertz CT molecular complexity index is 583. The topological polar surface area (TPSA) is 108 Å². The Kier molecular flexibility index (Phi) is 5.02. The molecule has 0 aliphatic carbocycles. The van der Waals surface area contributed by atoms with Gasteiger partial charge in [0.1, 0.15) is 13.2 Å². The number of hydrogen-bond donors (Lipinski definition) is 1. The van der Waals surface area contributed by atoms with Crippen LogP contribution in [-0.2, 0) is 19.6 Å². The first-order valence-corrected chi connectivity index (χ1v) is 6.80. The van der Waals surface area contributed by atoms with E-state index in [4.69, 9.17) is 9.88 Å². The van der Waals surface area contributed by atoms with Gasteiger partial charge in [-0.1, -0.05) is 17.3 Å². The third-order valence-corrected chi connectivity index (χ3v) is 3.05. The quantitative estimate of drug-likeness (QED) is 0.482. The highest BCUT2D eigenvalue weighted by Gasteiger charge is 2.20. The molecule has 0 bridgehead atoms. The van der Waals surface area contributed by atoms with E-state index >= 15 is 0 Å². The molecule has 2 N–H and O–H groups in total. The first-order valence-electron chi connectivity index (χ1n) is 5.25. The van der Waals surface area contributed by atoms with Gasteiger partial charge in [-0.15, -0.1) is 0 Å². The van der Waals surface area contributed by atoms with Crippen LogP contribution in [0.2, 0.25) is 0 Å². The molecule has 104 valence electrons. The SMILES string of the molecule is CON=CC(C)OC(=O)c1ccccc1S(N)(=O)=O. The molecule has 0 fully saturated rings. The van der Waals surface area contributed by atoms with Crippen molar-refractivity contribution in [3.8, 4) is 0 Å². The zero-order valence-electron chi connectivity index (χ0n) is 10.4. The minimum absolute atomic E-state index is 0.123. The maximum absolute atomic E-state index is 11.8. The lowest BCUT2D eigenvalue weighted by Crippen LogP contribution is -2.21. The highest BCUT2D eigenvalue weighted by Crippen LogP contribution is 2.15. The van der Waals surface area contributed by atoms with E-state index in [0.29, 0.717) is 0 Å². The minimum atomic E-state index is -3.99. The van der Waals surface area contributed by atoms with Crippen molar-refractivity contribution in [3.05, 3.63) is 29.8 Å². The van der Waals surface area contributed by atoms with Gasteiger partial charge in [0, 0.05) is 0 Å². The average molecular weight is 286 g/mol. The third kappa shape index (κ3) is 4.34. The van der Waals surface area contributed by atoms with Crippen LogP contribution in [0.5, 0.6) is 0 Å². The molecule has 19 heavy (non-hydrogen) atoms. The average Bonchev–Trinajstić information content (AvgIpc) is 2.35. The third-order valence-electron chi connectivity index (χ3n) is 2.08. The van der Waals surface area contributed by atoms with Gasteiger partial charge in [0.15, 0.2) is 0 Å². The standard InChI is InChI=1S/C11H14N2O5S/c1-8(7-13-17-2)18-11(14)9-5-3-4-6-10(9)19(12,15)16/h3-8H,1-2H3,(H2,12,15,16). The summed E-state index contributed by atoms with van der Waals surface area (Å²) >= 11 is 0. The van der Waals surface area contributed by atoms with E-state index in [1.807, 2.05) is 0 Å². The molecule has 0 radical (unpaired) electrons. The summed E-state index contributed by atoms with van der Waals surface area (Å²) in [7, 11) is -2.64. The Labute approximate surface area is 111 Å². The van der Waals surface area contributed by atoms with Crippen LogP contribution in [0.25, 0.3) is 0 Å². The number of hydrogen-bond acceptors (Lipinski definition) is 6. The van der Waals surface area contributed by atoms with Crippen molar-refractivity contribution in [2.24, 2.45) is 10.3 Å². The number of oxime groups is 1. The van der Waals surface area contributed by atoms with Crippen LogP contribution in [-0.4, -0.2) is 33.8 Å². The summed E-state index contributed by atoms with van der Waals surface area (Å²) in [6, 6.07) is 5.54. The largest absolute Gasteiger partial charge is 0.453 e. The van der Waals surface area contributed by atoms with E-state index < -0.39 is 22.1 Å². The highest BCUT2D eigenvalue weighted by molar-refractivity contribution is 7.89. The van der Waals surface area contributed by atoms with E-state index in [1.54, 1.807) is 6.92 Å². The minimum Gasteiger partial charge on any atom is -0.453 e. The lowest BCUT2D eigenvalue weighted by Gasteiger charge is -2.10. The second kappa shape index (κ2) is 6.30. The molecule has 8 heteroatoms. The molecule has 1 atom stereocenters. The van der Waals surface area contributed by atoms with Crippen molar-refractivity contribution in [3.63, 3.8) is 0 Å². The van der Waals surface area contributed by atoms with E-state index in [-0.39, 0.29) is 10.5 Å². The predicted octanol–water partition coefficient (Wildman–Crippen LogP) is 0.512. The molecule has 0 saturated carbocycles. The number of ether oxygens (including phenoxy) is 1. The fraction of sp³-hybridized carbons (Fsp3) is 0.273. The van der Waals surface area contributed by atoms with Crippen LogP contribution in [0, 0.1) is 0 Å². The smallest absolute Gasteiger partial charge is 0.340 e. The van der Waals surface area contributed by atoms with Crippen LogP contribution in [0.1, 0.15) is 17.3 Å². The fourth-order valence-corrected chi connectivity index (χ4v) is 2.02. The molecule has 0 aliphatic heterocycles. The van der Waals surface area contributed by atoms with Crippen LogP contribution in [0.3, 0.4) is 0 Å². The first-order chi connectivity index (χ1) is 8.86. The fourth-order valence-electron chi connectivity index (χ4n) is 1.29. The number of nitrogens with zero attached hydrogens (tertiary/aromatic N) is 1. The number of esters is 1. The number of carbonyl (C=O) groups is 1. The molecule has 7 nitrogen and oxygen atoms in total. The predicted molar refractivity (Wildman–Crippen MR) is 68.2 cm³/mol. The number of primary sulfonamides is 1. The Morgan fingerprint density at radius 2 is 2.05 bits per heavy atom. The Hall–Kier alpha value is -1.93. The number of rotatable bonds is 5. The summed E-state index contributed by atoms with van der Waals surface area (Å²) in [6.07, 6.45) is 0.596. The Morgan fingerprint density at radius 1 is 1.42 bits per heavy atom. The Morgan fingerprint density at radius 3 is 2.63 bits per heavy atom. The zero-order chi connectivity index (χ0) is 14.5. The normalized spacial score (nSPS) is 13.2. The summed E-state index contributed by atoms with van der Waals surface area (Å²) in [5.41, 5.74) is -0.123. The summed E-state index contributed by atoms with van der Waals surface area (Å²) in [5, 5.41) is 8.47. The molecule has 0 aliphatic rings. The van der Waals surface area contributed by atoms with Crippen molar-refractivity contribution in [1.82, 2.24) is 0 Å². The summed E-state index contributed by atoms with van der Waals surface area (Å²) in [4.78, 5) is 16.0. The van der Waals surface area contributed by atoms with Crippen LogP contribution in [0.15, 0.2) is 34.3 Å². The van der Waals surface area contributed by atoms with Gasteiger partial charge in [-0.2, -0.15) is 0 Å². The monoisotopic (exact) mass is 286 g/mol. The second-order valence-electron chi connectivity index (χ2n) is 3.59. The lowest BCUT2D eigenvalue weighted by atomic mass is 10.2. The van der Waals surface area contributed by atoms with E-state index in [2.05, 4.69) is 9.99 Å². The molecule has 0 saturated heterocycles. The van der Waals surface area contributed by atoms with Crippen molar-refractivity contribution in [2.45, 2.75) is 17.9 Å². The highest BCUT2D eigenvalue weighted by atomic mass is 32.2. The van der Waals surface area contributed by atoms with Crippen LogP contribution < -0.4 is 5.14 Å². The second-order valence-corrected chi connectivity index (χ2v) is 5.12. The molecule has 0 heterocycles. The zero-order valence-corrected chi connectivity index (χ0v) is 11.3. The Balaban J connectivity index is 2.98. The van der Waals surface area contributed by atoms with Gasteiger partial charge in [-0.3, -0.25) is 0 Å². The lowest BCUT2D eigenvalue weighted by molar-refractivity contribution is 0.0449. The van der Waals surface area contributed by atoms with Gasteiger partial charge < -0.3 is 9.57 Å². The molecule has 1 aromatic rings. The summed E-state index contributed by atoms with van der Waals surface area (Å²) in [5.74, 6) is -0.806. The maximum Gasteiger partial charge on any atom is 0.340 e. The number of carbonyl (C=O) groups excluding carboxylic acids is 1. The number of sulfonamides is 1. The van der Waals surface area contributed by atoms with Gasteiger partial charge in [0.25, 0.3) is 0 Å². The number of nitrogens with two attached hydrogens (primary N) is 1. The van der Waals surface area contributed by atoms with Crippen molar-refractivity contribution in [2.75, 3.05) is 7.11 Å². The molecule has 1 rings (SSSR count). The maximum atomic E-state index is 11.8. The van der Waals surface area contributed by atoms with E-state index in [9.17, 15) is 13.2 Å². The van der Waals surface area contributed by atoms with Gasteiger partial charge >= 0.3 is 5.97 Å². The van der Waals surface area contributed by atoms with Crippen LogP contribution in [0.4, 0.5) is 0 Å². The first kappa shape index (κ1) is 15.1. The molecular formula is C11H14N2O5S. The molecule has 0 aromatic heterocycles. The van der Waals surface area contributed by atoms with E-state index in [1.165, 1.54) is 37.6 Å². The molecule has 1 aromatic carbocycles. The van der Waals surface area contributed by atoms with Gasteiger partial charge in [0.05, 0.1) is 16.7 Å². The van der Waals surface area contributed by atoms with Gasteiger partial charge in [-0.05, 0) is 19.1 Å². The molecular weight excluding hydrogens is 272 g/mol. The summed E-state index contributed by atoms with van der Waals surface area (Å²) < 4.78 is 27.7. The van der Waals surface area contributed by atoms with E-state index in [0.717, 1.165) is 0 Å².